The predicted octanol–water partition coefficient (Wildman–Crippen LogP) is 6.02. The van der Waals surface area contributed by atoms with Gasteiger partial charge in [-0.1, -0.05) is 26.0 Å². The van der Waals surface area contributed by atoms with Crippen LogP contribution in [0.2, 0.25) is 0 Å². The second-order valence-corrected chi connectivity index (χ2v) is 10.8. The molecule has 0 atom stereocenters. The third-order valence-corrected chi connectivity index (χ3v) is 7.85. The summed E-state index contributed by atoms with van der Waals surface area (Å²) >= 11 is 0. The van der Waals surface area contributed by atoms with Crippen LogP contribution >= 0.6 is 0 Å². The van der Waals surface area contributed by atoms with Crippen LogP contribution in [0.4, 0.5) is 0 Å². The second kappa shape index (κ2) is 9.83. The third-order valence-electron chi connectivity index (χ3n) is 7.85. The van der Waals surface area contributed by atoms with Crippen molar-refractivity contribution in [3.63, 3.8) is 0 Å². The summed E-state index contributed by atoms with van der Waals surface area (Å²) in [4.78, 5) is 8.91. The zero-order valence-corrected chi connectivity index (χ0v) is 21.5. The molecule has 3 aromatic heterocycles. The molecule has 0 saturated heterocycles. The van der Waals surface area contributed by atoms with Crippen molar-refractivity contribution in [2.45, 2.75) is 82.8 Å². The Balaban J connectivity index is 1.03. The Morgan fingerprint density at radius 1 is 0.861 bits per heavy atom. The first-order chi connectivity index (χ1) is 17.5. The van der Waals surface area contributed by atoms with Crippen molar-refractivity contribution in [1.29, 1.82) is 0 Å². The number of ether oxygens (including phenoxy) is 2. The molecule has 0 unspecified atom stereocenters. The average Bonchev–Trinajstić information content (AvgIpc) is 3.15. The molecule has 188 valence electrons. The Hall–Kier alpha value is -2.96. The Labute approximate surface area is 213 Å². The van der Waals surface area contributed by atoms with E-state index >= 15 is 0 Å². The number of rotatable bonds is 7. The van der Waals surface area contributed by atoms with Gasteiger partial charge in [-0.2, -0.15) is 0 Å². The zero-order chi connectivity index (χ0) is 24.6. The third kappa shape index (κ3) is 4.72. The second-order valence-electron chi connectivity index (χ2n) is 10.8. The number of nitrogens with zero attached hydrogens (tertiary/aromatic N) is 3. The SMILES string of the molecule is CC(C)NC1CCC(OC2CC(Oc3ccc(-c4ccc5c6cnccc6n(C)c5c4)cn3)C2)CC1. The lowest BCUT2D eigenvalue weighted by atomic mass is 9.89. The Morgan fingerprint density at radius 2 is 1.67 bits per heavy atom. The minimum atomic E-state index is 0.202. The summed E-state index contributed by atoms with van der Waals surface area (Å²) in [5, 5.41) is 6.07. The molecule has 2 aliphatic carbocycles. The number of aryl methyl sites for hydroxylation is 1. The molecule has 36 heavy (non-hydrogen) atoms. The van der Waals surface area contributed by atoms with Crippen LogP contribution in [0, 0.1) is 0 Å². The van der Waals surface area contributed by atoms with Crippen LogP contribution in [-0.4, -0.2) is 44.9 Å². The molecular formula is C30H36N4O2. The maximum atomic E-state index is 6.36. The van der Waals surface area contributed by atoms with E-state index in [9.17, 15) is 0 Å². The predicted molar refractivity (Wildman–Crippen MR) is 144 cm³/mol. The summed E-state index contributed by atoms with van der Waals surface area (Å²) < 4.78 is 14.7. The normalized spacial score (nSPS) is 24.3. The van der Waals surface area contributed by atoms with Gasteiger partial charge in [-0.05, 0) is 49.4 Å². The van der Waals surface area contributed by atoms with Gasteiger partial charge >= 0.3 is 0 Å². The largest absolute Gasteiger partial charge is 0.474 e. The number of pyridine rings is 2. The first kappa shape index (κ1) is 23.4. The van der Waals surface area contributed by atoms with Crippen molar-refractivity contribution >= 4 is 21.8 Å². The highest BCUT2D eigenvalue weighted by atomic mass is 16.5. The first-order valence-corrected chi connectivity index (χ1v) is 13.4. The summed E-state index contributed by atoms with van der Waals surface area (Å²) in [5.41, 5.74) is 4.62. The molecule has 0 radical (unpaired) electrons. The summed E-state index contributed by atoms with van der Waals surface area (Å²) in [5.74, 6) is 0.694. The maximum Gasteiger partial charge on any atom is 0.213 e. The van der Waals surface area contributed by atoms with Gasteiger partial charge in [0, 0.05) is 78.5 Å². The summed E-state index contributed by atoms with van der Waals surface area (Å²) in [6.07, 6.45) is 13.3. The molecule has 6 rings (SSSR count). The van der Waals surface area contributed by atoms with E-state index in [-0.39, 0.29) is 6.10 Å². The van der Waals surface area contributed by atoms with Gasteiger partial charge < -0.3 is 19.4 Å². The minimum absolute atomic E-state index is 0.202. The number of nitrogens with one attached hydrogen (secondary N) is 1. The molecule has 1 N–H and O–H groups in total. The van der Waals surface area contributed by atoms with Gasteiger partial charge in [-0.25, -0.2) is 4.98 Å². The molecular weight excluding hydrogens is 448 g/mol. The standard InChI is InChI=1S/C30H36N4O2/c1-19(2)33-22-6-8-23(9-7-22)35-24-15-25(16-24)36-30-11-5-21(17-32-30)20-4-10-26-27-18-31-13-12-28(27)34(3)29(26)14-20/h4-5,10-14,17-19,22-25,33H,6-9,15-16H2,1-3H3. The molecule has 1 aromatic carbocycles. The molecule has 4 aromatic rings. The molecule has 0 bridgehead atoms. The summed E-state index contributed by atoms with van der Waals surface area (Å²) in [6.45, 7) is 4.45. The van der Waals surface area contributed by atoms with E-state index in [0.717, 1.165) is 36.8 Å². The molecule has 6 nitrogen and oxygen atoms in total. The monoisotopic (exact) mass is 484 g/mol. The lowest BCUT2D eigenvalue weighted by molar-refractivity contribution is -0.107. The lowest BCUT2D eigenvalue weighted by Gasteiger charge is -2.39. The molecule has 2 aliphatic rings. The molecule has 6 heteroatoms. The van der Waals surface area contributed by atoms with Crippen LogP contribution in [0.25, 0.3) is 32.9 Å². The van der Waals surface area contributed by atoms with Crippen LogP contribution in [0.5, 0.6) is 5.88 Å². The minimum Gasteiger partial charge on any atom is -0.474 e. The number of benzene rings is 1. The average molecular weight is 485 g/mol. The Bertz CT molecular complexity index is 1330. The Morgan fingerprint density at radius 3 is 2.42 bits per heavy atom. The van der Waals surface area contributed by atoms with Crippen molar-refractivity contribution in [2.24, 2.45) is 7.05 Å². The Kier molecular flexibility index (Phi) is 6.40. The molecule has 0 spiro atoms. The smallest absolute Gasteiger partial charge is 0.213 e. The fourth-order valence-electron chi connectivity index (χ4n) is 5.86. The highest BCUT2D eigenvalue weighted by molar-refractivity contribution is 6.08. The number of fused-ring (bicyclic) bond motifs is 3. The maximum absolute atomic E-state index is 6.36. The van der Waals surface area contributed by atoms with E-state index in [2.05, 4.69) is 71.1 Å². The van der Waals surface area contributed by atoms with Gasteiger partial charge in [-0.15, -0.1) is 0 Å². The summed E-state index contributed by atoms with van der Waals surface area (Å²) in [6, 6.07) is 13.9. The fourth-order valence-corrected chi connectivity index (χ4v) is 5.86. The lowest BCUT2D eigenvalue weighted by Crippen LogP contribution is -2.44. The first-order valence-electron chi connectivity index (χ1n) is 13.4. The van der Waals surface area contributed by atoms with Gasteiger partial charge in [0.05, 0.1) is 17.7 Å². The van der Waals surface area contributed by atoms with Crippen molar-refractivity contribution in [1.82, 2.24) is 19.9 Å². The number of hydrogen-bond donors (Lipinski definition) is 1. The number of aromatic nitrogens is 3. The molecule has 2 fully saturated rings. The van der Waals surface area contributed by atoms with E-state index in [1.165, 1.54) is 34.6 Å². The van der Waals surface area contributed by atoms with E-state index in [4.69, 9.17) is 9.47 Å². The van der Waals surface area contributed by atoms with E-state index in [0.29, 0.717) is 30.2 Å². The summed E-state index contributed by atoms with van der Waals surface area (Å²) in [7, 11) is 2.11. The van der Waals surface area contributed by atoms with Crippen LogP contribution in [-0.2, 0) is 11.8 Å². The van der Waals surface area contributed by atoms with E-state index in [1.807, 2.05) is 24.7 Å². The van der Waals surface area contributed by atoms with Gasteiger partial charge in [0.25, 0.3) is 0 Å². The molecule has 3 heterocycles. The van der Waals surface area contributed by atoms with Crippen molar-refractivity contribution in [3.8, 4) is 17.0 Å². The molecule has 0 aliphatic heterocycles. The van der Waals surface area contributed by atoms with Gasteiger partial charge in [0.15, 0.2) is 0 Å². The van der Waals surface area contributed by atoms with E-state index in [1.54, 1.807) is 0 Å². The van der Waals surface area contributed by atoms with Gasteiger partial charge in [0.1, 0.15) is 6.10 Å². The van der Waals surface area contributed by atoms with Crippen LogP contribution in [0.1, 0.15) is 52.4 Å². The highest BCUT2D eigenvalue weighted by Gasteiger charge is 2.35. The van der Waals surface area contributed by atoms with Crippen LogP contribution < -0.4 is 10.1 Å². The fraction of sp³-hybridized carbons (Fsp3) is 0.467. The van der Waals surface area contributed by atoms with Gasteiger partial charge in [-0.3, -0.25) is 4.98 Å². The van der Waals surface area contributed by atoms with Crippen LogP contribution in [0.15, 0.2) is 55.0 Å². The van der Waals surface area contributed by atoms with Gasteiger partial charge in [0.2, 0.25) is 5.88 Å². The van der Waals surface area contributed by atoms with Crippen molar-refractivity contribution < 1.29 is 9.47 Å². The highest BCUT2D eigenvalue weighted by Crippen LogP contribution is 2.34. The van der Waals surface area contributed by atoms with Crippen molar-refractivity contribution in [2.75, 3.05) is 0 Å². The van der Waals surface area contributed by atoms with Crippen LogP contribution in [0.3, 0.4) is 0 Å². The molecule has 2 saturated carbocycles. The number of hydrogen-bond acceptors (Lipinski definition) is 5. The zero-order valence-electron chi connectivity index (χ0n) is 21.5. The van der Waals surface area contributed by atoms with E-state index < -0.39 is 0 Å². The van der Waals surface area contributed by atoms with Crippen molar-refractivity contribution in [3.05, 3.63) is 55.0 Å². The topological polar surface area (TPSA) is 61.2 Å². The molecule has 0 amide bonds. The quantitative estimate of drug-likeness (QED) is 0.347.